The molecule has 0 aliphatic rings. The molecule has 0 spiro atoms. The van der Waals surface area contributed by atoms with Gasteiger partial charge in [0, 0.05) is 30.0 Å². The number of benzene rings is 1. The van der Waals surface area contributed by atoms with Crippen LogP contribution in [-0.2, 0) is 11.2 Å². The molecular formula is C14H16N2O. The van der Waals surface area contributed by atoms with Crippen LogP contribution in [0.5, 0.6) is 0 Å². The molecule has 0 aliphatic carbocycles. The number of Topliss-reactive ketones (excluding diaryl/α,β-unsaturated/α-hetero) is 1. The van der Waals surface area contributed by atoms with E-state index < -0.39 is 0 Å². The Kier molecular flexibility index (Phi) is 3.49. The minimum absolute atomic E-state index is 0.122. The van der Waals surface area contributed by atoms with Crippen molar-refractivity contribution in [2.75, 3.05) is 6.54 Å². The first kappa shape index (κ1) is 11.7. The Morgan fingerprint density at radius 2 is 2.06 bits per heavy atom. The molecule has 2 N–H and O–H groups in total. The predicted octanol–water partition coefficient (Wildman–Crippen LogP) is 1.94. The van der Waals surface area contributed by atoms with Crippen molar-refractivity contribution in [3.05, 3.63) is 42.1 Å². The van der Waals surface area contributed by atoms with Crippen LogP contribution in [0.2, 0.25) is 0 Å². The fourth-order valence-electron chi connectivity index (χ4n) is 1.87. The Balaban J connectivity index is 2.27. The van der Waals surface area contributed by atoms with Gasteiger partial charge in [-0.2, -0.15) is 0 Å². The molecule has 0 fully saturated rings. The van der Waals surface area contributed by atoms with Crippen molar-refractivity contribution in [3.63, 3.8) is 0 Å². The number of hydrogen-bond acceptors (Lipinski definition) is 3. The molecule has 0 amide bonds. The van der Waals surface area contributed by atoms with E-state index in [1.165, 1.54) is 0 Å². The van der Waals surface area contributed by atoms with E-state index in [4.69, 9.17) is 5.73 Å². The van der Waals surface area contributed by atoms with Crippen molar-refractivity contribution in [2.45, 2.75) is 13.3 Å². The number of rotatable bonds is 4. The number of para-hydroxylation sites is 1. The van der Waals surface area contributed by atoms with E-state index in [2.05, 4.69) is 4.98 Å². The summed E-state index contributed by atoms with van der Waals surface area (Å²) in [5.74, 6) is 0.00567. The lowest BCUT2D eigenvalue weighted by molar-refractivity contribution is -0.120. The zero-order valence-corrected chi connectivity index (χ0v) is 9.89. The van der Waals surface area contributed by atoms with E-state index in [9.17, 15) is 4.79 Å². The highest BCUT2D eigenvalue weighted by atomic mass is 16.1. The van der Waals surface area contributed by atoms with Crippen LogP contribution in [0.15, 0.2) is 36.4 Å². The van der Waals surface area contributed by atoms with Crippen molar-refractivity contribution in [3.8, 4) is 0 Å². The van der Waals surface area contributed by atoms with Gasteiger partial charge >= 0.3 is 0 Å². The molecule has 1 atom stereocenters. The van der Waals surface area contributed by atoms with E-state index in [0.717, 1.165) is 16.6 Å². The summed E-state index contributed by atoms with van der Waals surface area (Å²) < 4.78 is 0. The average molecular weight is 228 g/mol. The standard InChI is InChI=1S/C14H16N2O/c1-10(17)12(9-15)8-13-7-6-11-4-2-3-5-14(11)16-13/h2-7,12H,8-9,15H2,1H3. The molecule has 1 aromatic heterocycles. The van der Waals surface area contributed by atoms with Crippen molar-refractivity contribution < 1.29 is 4.79 Å². The van der Waals surface area contributed by atoms with Gasteiger partial charge in [-0.05, 0) is 19.1 Å². The Morgan fingerprint density at radius 3 is 2.76 bits per heavy atom. The number of ketones is 1. The number of nitrogens with zero attached hydrogens (tertiary/aromatic N) is 1. The lowest BCUT2D eigenvalue weighted by Gasteiger charge is -2.10. The van der Waals surface area contributed by atoms with Gasteiger partial charge in [-0.1, -0.05) is 24.3 Å². The molecule has 1 heterocycles. The molecule has 0 saturated heterocycles. The maximum Gasteiger partial charge on any atom is 0.134 e. The number of pyridine rings is 1. The Morgan fingerprint density at radius 1 is 1.29 bits per heavy atom. The van der Waals surface area contributed by atoms with E-state index in [1.807, 2.05) is 36.4 Å². The summed E-state index contributed by atoms with van der Waals surface area (Å²) in [5.41, 5.74) is 7.47. The summed E-state index contributed by atoms with van der Waals surface area (Å²) in [7, 11) is 0. The summed E-state index contributed by atoms with van der Waals surface area (Å²) in [6.45, 7) is 1.96. The SMILES string of the molecule is CC(=O)C(CN)Cc1ccc2ccccc2n1. The zero-order valence-electron chi connectivity index (χ0n) is 9.89. The number of fused-ring (bicyclic) bond motifs is 1. The van der Waals surface area contributed by atoms with Crippen molar-refractivity contribution in [1.82, 2.24) is 4.98 Å². The number of nitrogens with two attached hydrogens (primary N) is 1. The summed E-state index contributed by atoms with van der Waals surface area (Å²) in [6, 6.07) is 12.0. The van der Waals surface area contributed by atoms with Gasteiger partial charge in [0.1, 0.15) is 5.78 Å². The topological polar surface area (TPSA) is 56.0 Å². The van der Waals surface area contributed by atoms with E-state index in [-0.39, 0.29) is 11.7 Å². The fraction of sp³-hybridized carbons (Fsp3) is 0.286. The van der Waals surface area contributed by atoms with Crippen LogP contribution in [0.1, 0.15) is 12.6 Å². The molecule has 0 saturated carbocycles. The molecular weight excluding hydrogens is 212 g/mol. The highest BCUT2D eigenvalue weighted by Crippen LogP contribution is 2.14. The molecule has 0 aliphatic heterocycles. The van der Waals surface area contributed by atoms with Crippen LogP contribution in [0.4, 0.5) is 0 Å². The van der Waals surface area contributed by atoms with Crippen molar-refractivity contribution in [2.24, 2.45) is 11.7 Å². The summed E-state index contributed by atoms with van der Waals surface area (Å²) in [6.07, 6.45) is 0.622. The molecule has 2 rings (SSSR count). The number of carbonyl (C=O) groups excluding carboxylic acids is 1. The van der Waals surface area contributed by atoms with Crippen molar-refractivity contribution in [1.29, 1.82) is 0 Å². The molecule has 17 heavy (non-hydrogen) atoms. The Hall–Kier alpha value is -1.74. The number of aromatic nitrogens is 1. The third-order valence-corrected chi connectivity index (χ3v) is 2.97. The van der Waals surface area contributed by atoms with Gasteiger partial charge in [0.2, 0.25) is 0 Å². The first-order chi connectivity index (χ1) is 8.20. The molecule has 0 radical (unpaired) electrons. The Bertz CT molecular complexity index is 536. The third kappa shape index (κ3) is 2.68. The van der Waals surface area contributed by atoms with Gasteiger partial charge in [0.25, 0.3) is 0 Å². The molecule has 2 aromatic rings. The molecule has 88 valence electrons. The minimum atomic E-state index is -0.122. The van der Waals surface area contributed by atoms with Gasteiger partial charge in [-0.3, -0.25) is 9.78 Å². The normalized spacial score (nSPS) is 12.6. The second kappa shape index (κ2) is 5.06. The van der Waals surface area contributed by atoms with Crippen LogP contribution < -0.4 is 5.73 Å². The van der Waals surface area contributed by atoms with Crippen LogP contribution in [-0.4, -0.2) is 17.3 Å². The first-order valence-corrected chi connectivity index (χ1v) is 5.76. The van der Waals surface area contributed by atoms with Gasteiger partial charge in [0.15, 0.2) is 0 Å². The lowest BCUT2D eigenvalue weighted by Crippen LogP contribution is -2.24. The first-order valence-electron chi connectivity index (χ1n) is 5.76. The van der Waals surface area contributed by atoms with Crippen LogP contribution in [0, 0.1) is 5.92 Å². The average Bonchev–Trinajstić information content (AvgIpc) is 2.35. The summed E-state index contributed by atoms with van der Waals surface area (Å²) in [5, 5.41) is 1.11. The van der Waals surface area contributed by atoms with Crippen LogP contribution in [0.25, 0.3) is 10.9 Å². The zero-order chi connectivity index (χ0) is 12.3. The molecule has 3 heteroatoms. The quantitative estimate of drug-likeness (QED) is 0.870. The van der Waals surface area contributed by atoms with Gasteiger partial charge in [0.05, 0.1) is 5.52 Å². The number of hydrogen-bond donors (Lipinski definition) is 1. The second-order valence-corrected chi connectivity index (χ2v) is 4.24. The van der Waals surface area contributed by atoms with Gasteiger partial charge < -0.3 is 5.73 Å². The van der Waals surface area contributed by atoms with Crippen LogP contribution in [0.3, 0.4) is 0 Å². The molecule has 1 unspecified atom stereocenters. The minimum Gasteiger partial charge on any atom is -0.330 e. The summed E-state index contributed by atoms with van der Waals surface area (Å²) >= 11 is 0. The molecule has 1 aromatic carbocycles. The van der Waals surface area contributed by atoms with E-state index >= 15 is 0 Å². The highest BCUT2D eigenvalue weighted by molar-refractivity contribution is 5.80. The van der Waals surface area contributed by atoms with E-state index in [0.29, 0.717) is 13.0 Å². The maximum absolute atomic E-state index is 11.3. The highest BCUT2D eigenvalue weighted by Gasteiger charge is 2.13. The van der Waals surface area contributed by atoms with Gasteiger partial charge in [-0.15, -0.1) is 0 Å². The number of carbonyl (C=O) groups is 1. The monoisotopic (exact) mass is 228 g/mol. The molecule has 3 nitrogen and oxygen atoms in total. The fourth-order valence-corrected chi connectivity index (χ4v) is 1.87. The van der Waals surface area contributed by atoms with Crippen molar-refractivity contribution >= 4 is 16.7 Å². The van der Waals surface area contributed by atoms with E-state index in [1.54, 1.807) is 6.92 Å². The van der Waals surface area contributed by atoms with Crippen LogP contribution >= 0.6 is 0 Å². The smallest absolute Gasteiger partial charge is 0.134 e. The maximum atomic E-state index is 11.3. The second-order valence-electron chi connectivity index (χ2n) is 4.24. The third-order valence-electron chi connectivity index (χ3n) is 2.97. The van der Waals surface area contributed by atoms with Gasteiger partial charge in [-0.25, -0.2) is 0 Å². The summed E-state index contributed by atoms with van der Waals surface area (Å²) in [4.78, 5) is 15.9. The predicted molar refractivity (Wildman–Crippen MR) is 68.7 cm³/mol. The molecule has 0 bridgehead atoms. The largest absolute Gasteiger partial charge is 0.330 e. The lowest BCUT2D eigenvalue weighted by atomic mass is 9.99. The Labute approximate surface area is 101 Å².